The normalized spacial score (nSPS) is 16.6. The quantitative estimate of drug-likeness (QED) is 0.730. The van der Waals surface area contributed by atoms with Gasteiger partial charge in [-0.05, 0) is 12.1 Å². The van der Waals surface area contributed by atoms with Gasteiger partial charge < -0.3 is 15.0 Å². The zero-order valence-electron chi connectivity index (χ0n) is 12.4. The summed E-state index contributed by atoms with van der Waals surface area (Å²) < 4.78 is 26.2. The molecule has 0 saturated carbocycles. The third-order valence-electron chi connectivity index (χ3n) is 3.86. The fourth-order valence-electron chi connectivity index (χ4n) is 2.65. The van der Waals surface area contributed by atoms with E-state index in [4.69, 9.17) is 0 Å². The standard InChI is InChI=1S/C14H18N4O4S/c19-13-12(15-14(20)16-13)10-23(21,22)18-8-6-17(7-9-18)11-4-2-1-3-5-11/h1-5,19H,6-10H2,(H2,15,16,20). The molecular weight excluding hydrogens is 320 g/mol. The van der Waals surface area contributed by atoms with E-state index in [0.29, 0.717) is 26.2 Å². The van der Waals surface area contributed by atoms with Crippen LogP contribution in [0.25, 0.3) is 0 Å². The van der Waals surface area contributed by atoms with Crippen LogP contribution in [0.3, 0.4) is 0 Å². The van der Waals surface area contributed by atoms with E-state index in [1.165, 1.54) is 4.31 Å². The number of sulfonamides is 1. The molecule has 1 aromatic carbocycles. The molecule has 0 amide bonds. The Hall–Kier alpha value is -2.26. The monoisotopic (exact) mass is 338 g/mol. The Morgan fingerprint density at radius 3 is 2.26 bits per heavy atom. The summed E-state index contributed by atoms with van der Waals surface area (Å²) in [7, 11) is -3.59. The van der Waals surface area contributed by atoms with Crippen molar-refractivity contribution in [1.82, 2.24) is 14.3 Å². The third-order valence-corrected chi connectivity index (χ3v) is 5.67. The molecule has 1 fully saturated rings. The van der Waals surface area contributed by atoms with Gasteiger partial charge >= 0.3 is 5.69 Å². The van der Waals surface area contributed by atoms with Crippen LogP contribution in [0.5, 0.6) is 5.88 Å². The molecule has 1 saturated heterocycles. The molecule has 1 aliphatic heterocycles. The maximum absolute atomic E-state index is 12.4. The van der Waals surface area contributed by atoms with Gasteiger partial charge in [0.15, 0.2) is 0 Å². The van der Waals surface area contributed by atoms with Crippen LogP contribution in [0, 0.1) is 0 Å². The number of piperazine rings is 1. The molecule has 2 heterocycles. The first-order valence-corrected chi connectivity index (χ1v) is 8.84. The molecule has 1 aromatic heterocycles. The van der Waals surface area contributed by atoms with Crippen LogP contribution in [0.15, 0.2) is 35.1 Å². The lowest BCUT2D eigenvalue weighted by atomic mass is 10.2. The Morgan fingerprint density at radius 2 is 1.70 bits per heavy atom. The van der Waals surface area contributed by atoms with Crippen LogP contribution >= 0.6 is 0 Å². The summed E-state index contributed by atoms with van der Waals surface area (Å²) in [5.74, 6) is -0.857. The number of aromatic nitrogens is 2. The minimum absolute atomic E-state index is 0.0134. The van der Waals surface area contributed by atoms with Gasteiger partial charge in [0.05, 0.1) is 5.69 Å². The van der Waals surface area contributed by atoms with Crippen molar-refractivity contribution in [2.75, 3.05) is 31.1 Å². The zero-order valence-corrected chi connectivity index (χ0v) is 13.2. The lowest BCUT2D eigenvalue weighted by Gasteiger charge is -2.35. The van der Waals surface area contributed by atoms with Crippen molar-refractivity contribution in [2.45, 2.75) is 5.75 Å². The predicted octanol–water partition coefficient (Wildman–Crippen LogP) is 0.0606. The number of aromatic amines is 2. The van der Waals surface area contributed by atoms with Crippen molar-refractivity contribution in [1.29, 1.82) is 0 Å². The number of hydrogen-bond donors (Lipinski definition) is 3. The second-order valence-electron chi connectivity index (χ2n) is 5.38. The summed E-state index contributed by atoms with van der Waals surface area (Å²) in [6.07, 6.45) is 0. The Labute approximate surface area is 133 Å². The molecule has 8 nitrogen and oxygen atoms in total. The number of hydrogen-bond acceptors (Lipinski definition) is 5. The number of imidazole rings is 1. The van der Waals surface area contributed by atoms with E-state index in [9.17, 15) is 18.3 Å². The minimum Gasteiger partial charge on any atom is -0.493 e. The zero-order chi connectivity index (χ0) is 16.4. The average molecular weight is 338 g/mol. The molecule has 9 heteroatoms. The van der Waals surface area contributed by atoms with Gasteiger partial charge in [0.25, 0.3) is 0 Å². The van der Waals surface area contributed by atoms with Gasteiger partial charge in [0.1, 0.15) is 5.75 Å². The minimum atomic E-state index is -3.59. The van der Waals surface area contributed by atoms with E-state index in [0.717, 1.165) is 5.69 Å². The van der Waals surface area contributed by atoms with E-state index in [-0.39, 0.29) is 5.69 Å². The van der Waals surface area contributed by atoms with Crippen molar-refractivity contribution >= 4 is 15.7 Å². The van der Waals surface area contributed by atoms with Gasteiger partial charge in [0, 0.05) is 31.9 Å². The van der Waals surface area contributed by atoms with Gasteiger partial charge in [-0.2, -0.15) is 4.31 Å². The summed E-state index contributed by atoms with van der Waals surface area (Å²) in [5, 5.41) is 9.51. The molecule has 2 aromatic rings. The van der Waals surface area contributed by atoms with Crippen LogP contribution in [0.1, 0.15) is 5.69 Å². The van der Waals surface area contributed by atoms with Gasteiger partial charge in [-0.3, -0.25) is 4.98 Å². The lowest BCUT2D eigenvalue weighted by Crippen LogP contribution is -2.49. The van der Waals surface area contributed by atoms with Gasteiger partial charge in [-0.25, -0.2) is 13.2 Å². The van der Waals surface area contributed by atoms with E-state index >= 15 is 0 Å². The first-order valence-electron chi connectivity index (χ1n) is 7.24. The first kappa shape index (κ1) is 15.6. The maximum atomic E-state index is 12.4. The van der Waals surface area contributed by atoms with Crippen molar-refractivity contribution < 1.29 is 13.5 Å². The number of rotatable bonds is 4. The SMILES string of the molecule is O=c1[nH]c(O)c(CS(=O)(=O)N2CCN(c3ccccc3)CC2)[nH]1. The predicted molar refractivity (Wildman–Crippen MR) is 85.9 cm³/mol. The number of anilines is 1. The molecule has 124 valence electrons. The van der Waals surface area contributed by atoms with Gasteiger partial charge in [-0.1, -0.05) is 18.2 Å². The molecule has 3 rings (SSSR count). The highest BCUT2D eigenvalue weighted by Crippen LogP contribution is 2.19. The van der Waals surface area contributed by atoms with Crippen molar-refractivity contribution in [3.05, 3.63) is 46.5 Å². The Kier molecular flexibility index (Phi) is 4.14. The van der Waals surface area contributed by atoms with Crippen LogP contribution < -0.4 is 10.6 Å². The average Bonchev–Trinajstić information content (AvgIpc) is 2.85. The summed E-state index contributed by atoms with van der Waals surface area (Å²) >= 11 is 0. The molecule has 3 N–H and O–H groups in total. The summed E-state index contributed by atoms with van der Waals surface area (Å²) in [4.78, 5) is 17.6. The van der Waals surface area contributed by atoms with E-state index in [1.807, 2.05) is 30.3 Å². The molecule has 1 aliphatic rings. The molecule has 0 unspecified atom stereocenters. The molecule has 0 radical (unpaired) electrons. The van der Waals surface area contributed by atoms with Crippen molar-refractivity contribution in [2.24, 2.45) is 0 Å². The van der Waals surface area contributed by atoms with Crippen LogP contribution in [0.4, 0.5) is 5.69 Å². The fourth-order valence-corrected chi connectivity index (χ4v) is 4.13. The number of nitrogens with zero attached hydrogens (tertiary/aromatic N) is 2. The van der Waals surface area contributed by atoms with Crippen molar-refractivity contribution in [3.8, 4) is 5.88 Å². The van der Waals surface area contributed by atoms with Crippen LogP contribution in [-0.2, 0) is 15.8 Å². The molecule has 0 bridgehead atoms. The summed E-state index contributed by atoms with van der Waals surface area (Å²) in [6, 6.07) is 9.82. The topological polar surface area (TPSA) is 109 Å². The van der Waals surface area contributed by atoms with Gasteiger partial charge in [-0.15, -0.1) is 0 Å². The smallest absolute Gasteiger partial charge is 0.325 e. The second-order valence-corrected chi connectivity index (χ2v) is 7.35. The Morgan fingerprint density at radius 1 is 1.04 bits per heavy atom. The van der Waals surface area contributed by atoms with Crippen molar-refractivity contribution in [3.63, 3.8) is 0 Å². The van der Waals surface area contributed by atoms with Crippen LogP contribution in [-0.4, -0.2) is 54.0 Å². The highest BCUT2D eigenvalue weighted by molar-refractivity contribution is 7.88. The lowest BCUT2D eigenvalue weighted by molar-refractivity contribution is 0.383. The number of nitrogens with one attached hydrogen (secondary N) is 2. The van der Waals surface area contributed by atoms with E-state index in [1.54, 1.807) is 0 Å². The molecule has 0 aliphatic carbocycles. The fraction of sp³-hybridized carbons (Fsp3) is 0.357. The number of aromatic hydroxyl groups is 1. The largest absolute Gasteiger partial charge is 0.493 e. The Bertz CT molecular complexity index is 820. The number of H-pyrrole nitrogens is 2. The third kappa shape index (κ3) is 3.40. The molecule has 23 heavy (non-hydrogen) atoms. The number of benzene rings is 1. The van der Waals surface area contributed by atoms with Crippen LogP contribution in [0.2, 0.25) is 0 Å². The highest BCUT2D eigenvalue weighted by atomic mass is 32.2. The summed E-state index contributed by atoms with van der Waals surface area (Å²) in [6.45, 7) is 1.93. The summed E-state index contributed by atoms with van der Waals surface area (Å²) in [5.41, 5.74) is 0.430. The molecular formula is C14H18N4O4S. The van der Waals surface area contributed by atoms with Gasteiger partial charge in [0.2, 0.25) is 15.9 Å². The Balaban J connectivity index is 1.67. The molecule has 0 atom stereocenters. The highest BCUT2D eigenvalue weighted by Gasteiger charge is 2.28. The second kappa shape index (κ2) is 6.09. The first-order chi connectivity index (χ1) is 11.0. The number of para-hydroxylation sites is 1. The molecule has 0 spiro atoms. The maximum Gasteiger partial charge on any atom is 0.325 e. The van der Waals surface area contributed by atoms with E-state index < -0.39 is 27.3 Å². The van der Waals surface area contributed by atoms with E-state index in [2.05, 4.69) is 14.9 Å².